The minimum atomic E-state index is -0.454. The summed E-state index contributed by atoms with van der Waals surface area (Å²) in [5, 5.41) is 0. The van der Waals surface area contributed by atoms with Crippen LogP contribution in [0, 0.1) is 5.82 Å². The highest BCUT2D eigenvalue weighted by molar-refractivity contribution is 6.62. The highest BCUT2D eigenvalue weighted by atomic mass is 19.1. The fraction of sp³-hybridized carbons (Fsp3) is 0.571. The van der Waals surface area contributed by atoms with Crippen molar-refractivity contribution in [3.05, 3.63) is 24.0 Å². The Labute approximate surface area is 114 Å². The standard InChI is InChI=1S/C14H21BFNO2/c1-13(2)14(3,4)19-15(18-13)10-7-8-11(16)12(9-10)17(5)6/h7-9H,1-6H3. The van der Waals surface area contributed by atoms with E-state index in [-0.39, 0.29) is 17.0 Å². The molecule has 3 nitrogen and oxygen atoms in total. The monoisotopic (exact) mass is 265 g/mol. The van der Waals surface area contributed by atoms with Crippen molar-refractivity contribution in [2.24, 2.45) is 0 Å². The van der Waals surface area contributed by atoms with Crippen molar-refractivity contribution in [3.63, 3.8) is 0 Å². The average molecular weight is 265 g/mol. The SMILES string of the molecule is CN(C)c1cc(B2OC(C)(C)C(C)(C)O2)ccc1F. The van der Waals surface area contributed by atoms with E-state index in [1.807, 2.05) is 41.8 Å². The maximum absolute atomic E-state index is 13.7. The first kappa shape index (κ1) is 14.3. The van der Waals surface area contributed by atoms with Crippen molar-refractivity contribution < 1.29 is 13.7 Å². The van der Waals surface area contributed by atoms with Crippen molar-refractivity contribution in [1.29, 1.82) is 0 Å². The van der Waals surface area contributed by atoms with E-state index in [1.54, 1.807) is 17.0 Å². The molecule has 2 rings (SSSR count). The van der Waals surface area contributed by atoms with E-state index in [0.717, 1.165) is 5.46 Å². The molecular weight excluding hydrogens is 244 g/mol. The Bertz CT molecular complexity index is 472. The molecule has 1 aliphatic rings. The molecule has 0 radical (unpaired) electrons. The number of nitrogens with zero attached hydrogens (tertiary/aromatic N) is 1. The molecule has 104 valence electrons. The van der Waals surface area contributed by atoms with E-state index >= 15 is 0 Å². The van der Waals surface area contributed by atoms with Crippen molar-refractivity contribution >= 4 is 18.3 Å². The molecule has 1 heterocycles. The largest absolute Gasteiger partial charge is 0.494 e. The molecule has 0 amide bonds. The molecular formula is C14H21BFNO2. The van der Waals surface area contributed by atoms with E-state index < -0.39 is 7.12 Å². The lowest BCUT2D eigenvalue weighted by molar-refractivity contribution is 0.00578. The van der Waals surface area contributed by atoms with Gasteiger partial charge >= 0.3 is 7.12 Å². The van der Waals surface area contributed by atoms with Gasteiger partial charge in [-0.1, -0.05) is 6.07 Å². The molecule has 1 aromatic rings. The number of halogens is 1. The first-order valence-corrected chi connectivity index (χ1v) is 6.46. The predicted octanol–water partition coefficient (Wildman–Crippen LogP) is 2.19. The van der Waals surface area contributed by atoms with Gasteiger partial charge in [-0.05, 0) is 45.3 Å². The number of rotatable bonds is 2. The van der Waals surface area contributed by atoms with E-state index in [0.29, 0.717) is 5.69 Å². The lowest BCUT2D eigenvalue weighted by Crippen LogP contribution is -2.41. The van der Waals surface area contributed by atoms with Crippen LogP contribution >= 0.6 is 0 Å². The van der Waals surface area contributed by atoms with Crippen LogP contribution in [0.3, 0.4) is 0 Å². The maximum atomic E-state index is 13.7. The quantitative estimate of drug-likeness (QED) is 0.765. The molecule has 1 saturated heterocycles. The maximum Gasteiger partial charge on any atom is 0.494 e. The second-order valence-electron chi connectivity index (χ2n) is 6.19. The number of hydrogen-bond acceptors (Lipinski definition) is 3. The van der Waals surface area contributed by atoms with E-state index in [4.69, 9.17) is 9.31 Å². The third-order valence-corrected chi connectivity index (χ3v) is 3.98. The van der Waals surface area contributed by atoms with Gasteiger partial charge in [-0.3, -0.25) is 0 Å². The number of hydrogen-bond donors (Lipinski definition) is 0. The molecule has 1 fully saturated rings. The Kier molecular flexibility index (Phi) is 3.39. The summed E-state index contributed by atoms with van der Waals surface area (Å²) < 4.78 is 25.6. The van der Waals surface area contributed by atoms with Gasteiger partial charge in [0.1, 0.15) is 5.82 Å². The highest BCUT2D eigenvalue weighted by Crippen LogP contribution is 2.36. The highest BCUT2D eigenvalue weighted by Gasteiger charge is 2.51. The summed E-state index contributed by atoms with van der Waals surface area (Å²) in [6, 6.07) is 4.94. The Morgan fingerprint density at radius 3 is 2.05 bits per heavy atom. The molecule has 0 N–H and O–H groups in total. The predicted molar refractivity (Wildman–Crippen MR) is 76.4 cm³/mol. The number of anilines is 1. The molecule has 1 aromatic carbocycles. The summed E-state index contributed by atoms with van der Waals surface area (Å²) in [7, 11) is 3.17. The third-order valence-electron chi connectivity index (χ3n) is 3.98. The van der Waals surface area contributed by atoms with Gasteiger partial charge in [0, 0.05) is 14.1 Å². The molecule has 1 aliphatic heterocycles. The minimum absolute atomic E-state index is 0.245. The zero-order chi connectivity index (χ0) is 14.4. The van der Waals surface area contributed by atoms with Gasteiger partial charge in [-0.2, -0.15) is 0 Å². The van der Waals surface area contributed by atoms with Gasteiger partial charge in [-0.25, -0.2) is 4.39 Å². The Balaban J connectivity index is 2.32. The topological polar surface area (TPSA) is 21.7 Å². The molecule has 0 aliphatic carbocycles. The zero-order valence-corrected chi connectivity index (χ0v) is 12.5. The molecule has 0 bridgehead atoms. The van der Waals surface area contributed by atoms with Crippen LogP contribution in [-0.2, 0) is 9.31 Å². The van der Waals surface area contributed by atoms with Gasteiger partial charge in [-0.15, -0.1) is 0 Å². The first-order valence-electron chi connectivity index (χ1n) is 6.46. The molecule has 5 heteroatoms. The lowest BCUT2D eigenvalue weighted by atomic mass is 9.79. The van der Waals surface area contributed by atoms with Crippen LogP contribution in [0.4, 0.5) is 10.1 Å². The molecule has 19 heavy (non-hydrogen) atoms. The van der Waals surface area contributed by atoms with Crippen LogP contribution in [0.2, 0.25) is 0 Å². The molecule has 0 atom stereocenters. The summed E-state index contributed by atoms with van der Waals surface area (Å²) in [5.41, 5.74) is 0.602. The summed E-state index contributed by atoms with van der Waals surface area (Å²) in [6.07, 6.45) is 0. The van der Waals surface area contributed by atoms with Crippen molar-refractivity contribution in [3.8, 4) is 0 Å². The second kappa shape index (κ2) is 4.49. The van der Waals surface area contributed by atoms with Gasteiger partial charge in [0.25, 0.3) is 0 Å². The van der Waals surface area contributed by atoms with Crippen molar-refractivity contribution in [2.45, 2.75) is 38.9 Å². The second-order valence-corrected chi connectivity index (χ2v) is 6.19. The van der Waals surface area contributed by atoms with Gasteiger partial charge in [0.2, 0.25) is 0 Å². The van der Waals surface area contributed by atoms with Crippen LogP contribution in [0.5, 0.6) is 0 Å². The minimum Gasteiger partial charge on any atom is -0.399 e. The zero-order valence-electron chi connectivity index (χ0n) is 12.5. The van der Waals surface area contributed by atoms with Crippen LogP contribution in [0.15, 0.2) is 18.2 Å². The van der Waals surface area contributed by atoms with Crippen LogP contribution < -0.4 is 10.4 Å². The van der Waals surface area contributed by atoms with Gasteiger partial charge < -0.3 is 14.2 Å². The summed E-state index contributed by atoms with van der Waals surface area (Å²) >= 11 is 0. The van der Waals surface area contributed by atoms with Gasteiger partial charge in [0.05, 0.1) is 16.9 Å². The molecule has 0 saturated carbocycles. The van der Waals surface area contributed by atoms with E-state index in [1.165, 1.54) is 6.07 Å². The van der Waals surface area contributed by atoms with Crippen LogP contribution in [-0.4, -0.2) is 32.4 Å². The molecule has 0 spiro atoms. The van der Waals surface area contributed by atoms with Crippen molar-refractivity contribution in [1.82, 2.24) is 0 Å². The molecule has 0 unspecified atom stereocenters. The molecule has 0 aromatic heterocycles. The van der Waals surface area contributed by atoms with Crippen molar-refractivity contribution in [2.75, 3.05) is 19.0 Å². The summed E-state index contributed by atoms with van der Waals surface area (Å²) in [5.74, 6) is -0.245. The Morgan fingerprint density at radius 2 is 1.58 bits per heavy atom. The third kappa shape index (κ3) is 2.49. The average Bonchev–Trinajstić information content (AvgIpc) is 2.48. The van der Waals surface area contributed by atoms with E-state index in [9.17, 15) is 4.39 Å². The van der Waals surface area contributed by atoms with Gasteiger partial charge in [0.15, 0.2) is 0 Å². The number of benzene rings is 1. The smallest absolute Gasteiger partial charge is 0.399 e. The summed E-state index contributed by atoms with van der Waals surface area (Å²) in [6.45, 7) is 8.01. The fourth-order valence-corrected chi connectivity index (χ4v) is 2.00. The lowest BCUT2D eigenvalue weighted by Gasteiger charge is -2.32. The first-order chi connectivity index (χ1) is 8.64. The Hall–Kier alpha value is -1.07. The summed E-state index contributed by atoms with van der Waals surface area (Å²) in [4.78, 5) is 1.74. The van der Waals surface area contributed by atoms with Crippen LogP contribution in [0.25, 0.3) is 0 Å². The Morgan fingerprint density at radius 1 is 1.05 bits per heavy atom. The normalized spacial score (nSPS) is 20.7. The van der Waals surface area contributed by atoms with Crippen LogP contribution in [0.1, 0.15) is 27.7 Å². The van der Waals surface area contributed by atoms with E-state index in [2.05, 4.69) is 0 Å². The fourth-order valence-electron chi connectivity index (χ4n) is 2.00.